The molecule has 1 aliphatic rings. The normalized spacial score (nSPS) is 21.9. The van der Waals surface area contributed by atoms with E-state index in [1.165, 1.54) is 18.6 Å². The maximum absolute atomic E-state index is 12.2. The quantitative estimate of drug-likeness (QED) is 0.893. The average Bonchev–Trinajstić information content (AvgIpc) is 2.65. The van der Waals surface area contributed by atoms with Crippen LogP contribution in [0, 0.1) is 5.41 Å². The fraction of sp³-hybridized carbons (Fsp3) is 0.600. The second-order valence-corrected chi connectivity index (χ2v) is 6.18. The molecule has 0 heterocycles. The third kappa shape index (κ3) is 4.71. The monoisotopic (exact) mass is 287 g/mol. The van der Waals surface area contributed by atoms with Gasteiger partial charge in [0.25, 0.3) is 0 Å². The third-order valence-corrected chi connectivity index (χ3v) is 3.70. The van der Waals surface area contributed by atoms with Crippen LogP contribution in [0.25, 0.3) is 0 Å². The van der Waals surface area contributed by atoms with Gasteiger partial charge < -0.3 is 10.1 Å². The van der Waals surface area contributed by atoms with Crippen molar-refractivity contribution in [3.63, 3.8) is 0 Å². The Morgan fingerprint density at radius 1 is 1.35 bits per heavy atom. The molecule has 1 saturated carbocycles. The molecule has 112 valence electrons. The van der Waals surface area contributed by atoms with E-state index in [1.807, 2.05) is 0 Å². The van der Waals surface area contributed by atoms with Gasteiger partial charge in [-0.25, -0.2) is 0 Å². The highest BCUT2D eigenvalue weighted by Gasteiger charge is 2.31. The lowest BCUT2D eigenvalue weighted by atomic mass is 9.92. The van der Waals surface area contributed by atoms with Gasteiger partial charge in [0.2, 0.25) is 0 Å². The van der Waals surface area contributed by atoms with Crippen LogP contribution in [-0.4, -0.2) is 12.4 Å². The molecule has 1 atom stereocenters. The zero-order valence-corrected chi connectivity index (χ0v) is 11.8. The van der Waals surface area contributed by atoms with E-state index in [2.05, 4.69) is 23.9 Å². The van der Waals surface area contributed by atoms with Gasteiger partial charge in [0.15, 0.2) is 0 Å². The van der Waals surface area contributed by atoms with Gasteiger partial charge in [-0.3, -0.25) is 0 Å². The Bertz CT molecular complexity index is 457. The summed E-state index contributed by atoms with van der Waals surface area (Å²) in [6.45, 7) is 5.05. The number of hydrogen-bond acceptors (Lipinski definition) is 2. The van der Waals surface area contributed by atoms with Gasteiger partial charge in [-0.1, -0.05) is 26.0 Å². The maximum Gasteiger partial charge on any atom is 0.573 e. The summed E-state index contributed by atoms with van der Waals surface area (Å²) in [5.74, 6) is -0.163. The lowest BCUT2D eigenvalue weighted by Gasteiger charge is -2.18. The molecular formula is C15H20F3NO. The molecule has 0 aromatic heterocycles. The maximum atomic E-state index is 12.2. The van der Waals surface area contributed by atoms with E-state index in [0.717, 1.165) is 18.4 Å². The van der Waals surface area contributed by atoms with Crippen LogP contribution >= 0.6 is 0 Å². The molecule has 0 amide bonds. The molecule has 0 aliphatic heterocycles. The summed E-state index contributed by atoms with van der Waals surface area (Å²) in [5.41, 5.74) is 1.16. The predicted molar refractivity (Wildman–Crippen MR) is 71.4 cm³/mol. The molecule has 2 rings (SSSR count). The smallest absolute Gasteiger partial charge is 0.406 e. The van der Waals surface area contributed by atoms with Crippen LogP contribution in [0.3, 0.4) is 0 Å². The Labute approximate surface area is 117 Å². The minimum atomic E-state index is -4.64. The van der Waals surface area contributed by atoms with Crippen molar-refractivity contribution in [2.24, 2.45) is 5.41 Å². The summed E-state index contributed by atoms with van der Waals surface area (Å²) in [7, 11) is 0. The first-order valence-corrected chi connectivity index (χ1v) is 6.82. The number of benzene rings is 1. The molecule has 1 aromatic carbocycles. The molecule has 0 spiro atoms. The van der Waals surface area contributed by atoms with Crippen molar-refractivity contribution < 1.29 is 17.9 Å². The van der Waals surface area contributed by atoms with Gasteiger partial charge in [0, 0.05) is 12.6 Å². The predicted octanol–water partition coefficient (Wildman–Crippen LogP) is 4.25. The second-order valence-electron chi connectivity index (χ2n) is 6.18. The third-order valence-electron chi connectivity index (χ3n) is 3.70. The molecule has 0 saturated heterocycles. The molecular weight excluding hydrogens is 267 g/mol. The van der Waals surface area contributed by atoms with E-state index in [4.69, 9.17) is 0 Å². The SMILES string of the molecule is CC1(C)CCC(NCc2cccc(OC(F)(F)F)c2)C1. The molecule has 0 bridgehead atoms. The van der Waals surface area contributed by atoms with Crippen LogP contribution in [0.15, 0.2) is 24.3 Å². The number of rotatable bonds is 4. The fourth-order valence-electron chi connectivity index (χ4n) is 2.73. The minimum Gasteiger partial charge on any atom is -0.406 e. The van der Waals surface area contributed by atoms with Crippen LogP contribution in [0.4, 0.5) is 13.2 Å². The number of hydrogen-bond donors (Lipinski definition) is 1. The highest BCUT2D eigenvalue weighted by Crippen LogP contribution is 2.37. The van der Waals surface area contributed by atoms with Crippen LogP contribution in [-0.2, 0) is 6.54 Å². The minimum absolute atomic E-state index is 0.163. The highest BCUT2D eigenvalue weighted by molar-refractivity contribution is 5.28. The van der Waals surface area contributed by atoms with Crippen LogP contribution in [0.5, 0.6) is 5.75 Å². The lowest BCUT2D eigenvalue weighted by molar-refractivity contribution is -0.274. The summed E-state index contributed by atoms with van der Waals surface area (Å²) < 4.78 is 40.4. The van der Waals surface area contributed by atoms with Gasteiger partial charge in [0.1, 0.15) is 5.75 Å². The van der Waals surface area contributed by atoms with Gasteiger partial charge in [-0.2, -0.15) is 0 Å². The van der Waals surface area contributed by atoms with Crippen LogP contribution in [0.1, 0.15) is 38.7 Å². The van der Waals surface area contributed by atoms with Gasteiger partial charge in [0.05, 0.1) is 0 Å². The van der Waals surface area contributed by atoms with Crippen molar-refractivity contribution in [1.29, 1.82) is 0 Å². The Kier molecular flexibility index (Phi) is 4.28. The Balaban J connectivity index is 1.89. The summed E-state index contributed by atoms with van der Waals surface area (Å²) >= 11 is 0. The molecule has 0 radical (unpaired) electrons. The average molecular weight is 287 g/mol. The first-order chi connectivity index (χ1) is 9.23. The molecule has 1 fully saturated rings. The molecule has 1 aromatic rings. The topological polar surface area (TPSA) is 21.3 Å². The zero-order chi connectivity index (χ0) is 14.8. The standard InChI is InChI=1S/C15H20F3NO/c1-14(2)7-6-12(9-14)19-10-11-4-3-5-13(8-11)20-15(16,17)18/h3-5,8,12,19H,6-7,9-10H2,1-2H3. The molecule has 1 unspecified atom stereocenters. The van der Waals surface area contributed by atoms with E-state index in [0.29, 0.717) is 18.0 Å². The lowest BCUT2D eigenvalue weighted by Crippen LogP contribution is -2.26. The van der Waals surface area contributed by atoms with Crippen molar-refractivity contribution in [3.8, 4) is 5.75 Å². The van der Waals surface area contributed by atoms with E-state index < -0.39 is 6.36 Å². The summed E-state index contributed by atoms with van der Waals surface area (Å²) in [5, 5.41) is 3.41. The molecule has 1 N–H and O–H groups in total. The van der Waals surface area contributed by atoms with E-state index >= 15 is 0 Å². The number of ether oxygens (including phenoxy) is 1. The van der Waals surface area contributed by atoms with E-state index in [-0.39, 0.29) is 5.75 Å². The number of alkyl halides is 3. The molecule has 1 aliphatic carbocycles. The molecule has 20 heavy (non-hydrogen) atoms. The highest BCUT2D eigenvalue weighted by atomic mass is 19.4. The fourth-order valence-corrected chi connectivity index (χ4v) is 2.73. The number of nitrogens with one attached hydrogen (secondary N) is 1. The largest absolute Gasteiger partial charge is 0.573 e. The van der Waals surface area contributed by atoms with Crippen molar-refractivity contribution in [2.45, 2.75) is 52.1 Å². The van der Waals surface area contributed by atoms with Crippen molar-refractivity contribution >= 4 is 0 Å². The zero-order valence-electron chi connectivity index (χ0n) is 11.8. The van der Waals surface area contributed by atoms with E-state index in [9.17, 15) is 13.2 Å². The van der Waals surface area contributed by atoms with Gasteiger partial charge >= 0.3 is 6.36 Å². The first kappa shape index (κ1) is 15.2. The second kappa shape index (κ2) is 5.64. The summed E-state index contributed by atoms with van der Waals surface area (Å²) in [4.78, 5) is 0. The van der Waals surface area contributed by atoms with Crippen molar-refractivity contribution in [1.82, 2.24) is 5.32 Å². The van der Waals surface area contributed by atoms with Crippen molar-refractivity contribution in [2.75, 3.05) is 0 Å². The molecule has 5 heteroatoms. The van der Waals surface area contributed by atoms with Gasteiger partial charge in [-0.15, -0.1) is 13.2 Å². The number of halogens is 3. The Hall–Kier alpha value is -1.23. The Morgan fingerprint density at radius 3 is 2.70 bits per heavy atom. The summed E-state index contributed by atoms with van der Waals surface area (Å²) in [6, 6.07) is 6.57. The van der Waals surface area contributed by atoms with Gasteiger partial charge in [-0.05, 0) is 42.4 Å². The van der Waals surface area contributed by atoms with Crippen LogP contribution < -0.4 is 10.1 Å². The van der Waals surface area contributed by atoms with E-state index in [1.54, 1.807) is 12.1 Å². The summed E-state index contributed by atoms with van der Waals surface area (Å²) in [6.07, 6.45) is -1.24. The van der Waals surface area contributed by atoms with Crippen molar-refractivity contribution in [3.05, 3.63) is 29.8 Å². The molecule has 2 nitrogen and oxygen atoms in total. The Morgan fingerprint density at radius 2 is 2.10 bits per heavy atom. The van der Waals surface area contributed by atoms with Crippen LogP contribution in [0.2, 0.25) is 0 Å². The first-order valence-electron chi connectivity index (χ1n) is 6.82.